The first kappa shape index (κ1) is 13.1. The van der Waals surface area contributed by atoms with Gasteiger partial charge in [-0.1, -0.05) is 13.8 Å². The van der Waals surface area contributed by atoms with Crippen LogP contribution in [0.4, 0.5) is 0 Å². The fourth-order valence-corrected chi connectivity index (χ4v) is 3.58. The van der Waals surface area contributed by atoms with Crippen molar-refractivity contribution >= 4 is 11.3 Å². The quantitative estimate of drug-likeness (QED) is 0.822. The molecule has 0 aromatic carbocycles. The number of hydrogen-bond donors (Lipinski definition) is 1. The van der Waals surface area contributed by atoms with Gasteiger partial charge in [0.2, 0.25) is 0 Å². The van der Waals surface area contributed by atoms with E-state index in [1.807, 2.05) is 11.3 Å². The molecule has 1 unspecified atom stereocenters. The van der Waals surface area contributed by atoms with Gasteiger partial charge in [0.1, 0.15) is 0 Å². The summed E-state index contributed by atoms with van der Waals surface area (Å²) >= 11 is 1.92. The van der Waals surface area contributed by atoms with Gasteiger partial charge in [-0.2, -0.15) is 0 Å². The Kier molecular flexibility index (Phi) is 3.94. The number of thiophene rings is 1. The van der Waals surface area contributed by atoms with E-state index in [1.54, 1.807) is 0 Å². The van der Waals surface area contributed by atoms with E-state index in [2.05, 4.69) is 45.1 Å². The van der Waals surface area contributed by atoms with Crippen LogP contribution in [0.1, 0.15) is 62.3 Å². The molecule has 1 aliphatic rings. The number of rotatable bonds is 3. The lowest BCUT2D eigenvalue weighted by atomic mass is 9.75. The van der Waals surface area contributed by atoms with Gasteiger partial charge in [0.15, 0.2) is 0 Å². The minimum atomic E-state index is 0.514. The highest BCUT2D eigenvalue weighted by Gasteiger charge is 2.27. The summed E-state index contributed by atoms with van der Waals surface area (Å²) in [5.74, 6) is 0. The third-order valence-corrected chi connectivity index (χ3v) is 5.20. The second-order valence-electron chi connectivity index (χ2n) is 6.28. The van der Waals surface area contributed by atoms with Crippen LogP contribution >= 0.6 is 11.3 Å². The van der Waals surface area contributed by atoms with Crippen molar-refractivity contribution in [2.75, 3.05) is 0 Å². The molecule has 0 amide bonds. The van der Waals surface area contributed by atoms with Crippen LogP contribution in [0.5, 0.6) is 0 Å². The standard InChI is InChI=1S/C15H25NS/c1-11-5-6-14(17-11)12(2)16-13-7-9-15(3,4)10-8-13/h5-6,12-13,16H,7-10H2,1-4H3. The van der Waals surface area contributed by atoms with E-state index in [0.29, 0.717) is 11.5 Å². The van der Waals surface area contributed by atoms with Crippen molar-refractivity contribution in [3.8, 4) is 0 Å². The molecule has 1 aromatic heterocycles. The predicted octanol–water partition coefficient (Wildman–Crippen LogP) is 4.68. The van der Waals surface area contributed by atoms with Crippen molar-refractivity contribution < 1.29 is 0 Å². The van der Waals surface area contributed by atoms with Crippen LogP contribution in [0.2, 0.25) is 0 Å². The average Bonchev–Trinajstić information content (AvgIpc) is 2.68. The molecular formula is C15H25NS. The van der Waals surface area contributed by atoms with Gasteiger partial charge in [-0.3, -0.25) is 0 Å². The van der Waals surface area contributed by atoms with Crippen LogP contribution in [-0.2, 0) is 0 Å². The van der Waals surface area contributed by atoms with Gasteiger partial charge in [0, 0.05) is 21.8 Å². The number of nitrogens with one attached hydrogen (secondary N) is 1. The second-order valence-corrected chi connectivity index (χ2v) is 7.59. The summed E-state index contributed by atoms with van der Waals surface area (Å²) < 4.78 is 0. The van der Waals surface area contributed by atoms with Crippen LogP contribution in [0.15, 0.2) is 12.1 Å². The zero-order chi connectivity index (χ0) is 12.5. The van der Waals surface area contributed by atoms with E-state index < -0.39 is 0 Å². The maximum absolute atomic E-state index is 3.80. The summed E-state index contributed by atoms with van der Waals surface area (Å²) in [7, 11) is 0. The summed E-state index contributed by atoms with van der Waals surface area (Å²) in [6.07, 6.45) is 5.39. The van der Waals surface area contributed by atoms with Crippen LogP contribution in [0.25, 0.3) is 0 Å². The zero-order valence-electron chi connectivity index (χ0n) is 11.5. The molecule has 96 valence electrons. The molecule has 1 aromatic rings. The van der Waals surface area contributed by atoms with Crippen LogP contribution in [-0.4, -0.2) is 6.04 Å². The third kappa shape index (κ3) is 3.56. The van der Waals surface area contributed by atoms with Gasteiger partial charge < -0.3 is 5.32 Å². The summed E-state index contributed by atoms with van der Waals surface area (Å²) in [5, 5.41) is 3.80. The smallest absolute Gasteiger partial charge is 0.0388 e. The van der Waals surface area contributed by atoms with Gasteiger partial charge in [-0.15, -0.1) is 11.3 Å². The Morgan fingerprint density at radius 2 is 1.94 bits per heavy atom. The molecule has 1 aliphatic carbocycles. The van der Waals surface area contributed by atoms with E-state index in [0.717, 1.165) is 6.04 Å². The largest absolute Gasteiger partial charge is 0.307 e. The van der Waals surface area contributed by atoms with Crippen molar-refractivity contribution in [2.24, 2.45) is 5.41 Å². The molecule has 1 fully saturated rings. The Morgan fingerprint density at radius 3 is 2.47 bits per heavy atom. The zero-order valence-corrected chi connectivity index (χ0v) is 12.4. The molecular weight excluding hydrogens is 226 g/mol. The van der Waals surface area contributed by atoms with Gasteiger partial charge in [0.25, 0.3) is 0 Å². The molecule has 1 saturated carbocycles. The molecule has 0 bridgehead atoms. The maximum atomic E-state index is 3.80. The van der Waals surface area contributed by atoms with E-state index in [-0.39, 0.29) is 0 Å². The van der Waals surface area contributed by atoms with Crippen LogP contribution < -0.4 is 5.32 Å². The Bertz CT molecular complexity index is 357. The second kappa shape index (κ2) is 5.11. The average molecular weight is 251 g/mol. The summed E-state index contributed by atoms with van der Waals surface area (Å²) in [6.45, 7) is 9.28. The minimum absolute atomic E-state index is 0.514. The third-order valence-electron chi connectivity index (χ3n) is 4.01. The van der Waals surface area contributed by atoms with Gasteiger partial charge in [0.05, 0.1) is 0 Å². The molecule has 1 atom stereocenters. The van der Waals surface area contributed by atoms with E-state index in [4.69, 9.17) is 0 Å². The predicted molar refractivity (Wildman–Crippen MR) is 76.6 cm³/mol. The maximum Gasteiger partial charge on any atom is 0.0388 e. The van der Waals surface area contributed by atoms with Crippen molar-refractivity contribution in [2.45, 2.75) is 65.5 Å². The van der Waals surface area contributed by atoms with Crippen molar-refractivity contribution in [3.05, 3.63) is 21.9 Å². The monoisotopic (exact) mass is 251 g/mol. The molecule has 2 heteroatoms. The number of aryl methyl sites for hydroxylation is 1. The SMILES string of the molecule is Cc1ccc(C(C)NC2CCC(C)(C)CC2)s1. The Balaban J connectivity index is 1.86. The molecule has 2 rings (SSSR count). The molecule has 0 aliphatic heterocycles. The fourth-order valence-electron chi connectivity index (χ4n) is 2.69. The Labute approximate surface area is 110 Å². The van der Waals surface area contributed by atoms with E-state index in [1.165, 1.54) is 35.4 Å². The molecule has 1 nitrogen and oxygen atoms in total. The first-order valence-electron chi connectivity index (χ1n) is 6.79. The van der Waals surface area contributed by atoms with Crippen LogP contribution in [0.3, 0.4) is 0 Å². The van der Waals surface area contributed by atoms with Crippen molar-refractivity contribution in [3.63, 3.8) is 0 Å². The molecule has 1 heterocycles. The highest BCUT2D eigenvalue weighted by molar-refractivity contribution is 7.12. The summed E-state index contributed by atoms with van der Waals surface area (Å²) in [6, 6.07) is 5.73. The number of hydrogen-bond acceptors (Lipinski definition) is 2. The van der Waals surface area contributed by atoms with E-state index in [9.17, 15) is 0 Å². The molecule has 1 N–H and O–H groups in total. The molecule has 0 saturated heterocycles. The first-order chi connectivity index (χ1) is 7.96. The highest BCUT2D eigenvalue weighted by atomic mass is 32.1. The lowest BCUT2D eigenvalue weighted by Crippen LogP contribution is -2.36. The molecule has 0 spiro atoms. The molecule has 17 heavy (non-hydrogen) atoms. The highest BCUT2D eigenvalue weighted by Crippen LogP contribution is 2.36. The van der Waals surface area contributed by atoms with Gasteiger partial charge in [-0.05, 0) is 57.1 Å². The van der Waals surface area contributed by atoms with Gasteiger partial charge in [-0.25, -0.2) is 0 Å². The lowest BCUT2D eigenvalue weighted by Gasteiger charge is -2.35. The summed E-state index contributed by atoms with van der Waals surface area (Å²) in [4.78, 5) is 2.89. The van der Waals surface area contributed by atoms with E-state index >= 15 is 0 Å². The minimum Gasteiger partial charge on any atom is -0.307 e. The van der Waals surface area contributed by atoms with Crippen LogP contribution in [0, 0.1) is 12.3 Å². The lowest BCUT2D eigenvalue weighted by molar-refractivity contribution is 0.200. The fraction of sp³-hybridized carbons (Fsp3) is 0.733. The normalized spacial score (nSPS) is 22.6. The Morgan fingerprint density at radius 1 is 1.29 bits per heavy atom. The first-order valence-corrected chi connectivity index (χ1v) is 7.60. The Hall–Kier alpha value is -0.340. The van der Waals surface area contributed by atoms with Gasteiger partial charge >= 0.3 is 0 Å². The summed E-state index contributed by atoms with van der Waals surface area (Å²) in [5.41, 5.74) is 0.570. The molecule has 0 radical (unpaired) electrons. The topological polar surface area (TPSA) is 12.0 Å². The van der Waals surface area contributed by atoms with Crippen molar-refractivity contribution in [1.29, 1.82) is 0 Å². The van der Waals surface area contributed by atoms with Crippen molar-refractivity contribution in [1.82, 2.24) is 5.32 Å².